The summed E-state index contributed by atoms with van der Waals surface area (Å²) in [5.74, 6) is 0.130. The van der Waals surface area contributed by atoms with Crippen molar-refractivity contribution in [3.63, 3.8) is 0 Å². The monoisotopic (exact) mass is 432 g/mol. The van der Waals surface area contributed by atoms with Crippen LogP contribution in [0.1, 0.15) is 41.6 Å². The molecule has 166 valence electrons. The molecule has 2 saturated heterocycles. The zero-order valence-corrected chi connectivity index (χ0v) is 18.1. The zero-order chi connectivity index (χ0) is 22.1. The van der Waals surface area contributed by atoms with Crippen molar-refractivity contribution in [2.45, 2.75) is 44.3 Å². The van der Waals surface area contributed by atoms with Crippen molar-refractivity contribution in [1.29, 1.82) is 0 Å². The zero-order valence-electron chi connectivity index (χ0n) is 18.1. The van der Waals surface area contributed by atoms with Crippen molar-refractivity contribution in [3.05, 3.63) is 65.7 Å². The molecule has 0 saturated carbocycles. The topological polar surface area (TPSA) is 73.0 Å². The van der Waals surface area contributed by atoms with E-state index >= 15 is 0 Å². The first-order chi connectivity index (χ1) is 15.6. The highest BCUT2D eigenvalue weighted by molar-refractivity contribution is 5.98. The van der Waals surface area contributed by atoms with E-state index in [1.54, 1.807) is 4.90 Å². The van der Waals surface area contributed by atoms with E-state index in [4.69, 9.17) is 0 Å². The highest BCUT2D eigenvalue weighted by Gasteiger charge is 2.39. The molecule has 0 bridgehead atoms. The fraction of sp³-hybridized carbons (Fsp3) is 0.400. The predicted octanol–water partition coefficient (Wildman–Crippen LogP) is 3.33. The highest BCUT2D eigenvalue weighted by Crippen LogP contribution is 2.29. The number of nitrogens with one attached hydrogen (secondary N) is 1. The van der Waals surface area contributed by atoms with Crippen LogP contribution in [0.25, 0.3) is 0 Å². The Labute approximate surface area is 188 Å². The molecular weight excluding hydrogens is 404 g/mol. The number of fused-ring (bicyclic) bond motifs is 1. The lowest BCUT2D eigenvalue weighted by Crippen LogP contribution is -2.53. The number of hydrogen-bond acceptors (Lipinski definition) is 3. The van der Waals surface area contributed by atoms with Gasteiger partial charge in [0.15, 0.2) is 0 Å². The van der Waals surface area contributed by atoms with Crippen LogP contribution in [0.2, 0.25) is 0 Å². The van der Waals surface area contributed by atoms with Gasteiger partial charge in [-0.2, -0.15) is 0 Å². The van der Waals surface area contributed by atoms with Gasteiger partial charge in [-0.15, -0.1) is 0 Å². The lowest BCUT2D eigenvalue weighted by Gasteiger charge is -2.38. The Kier molecular flexibility index (Phi) is 5.55. The SMILES string of the molecule is O=C(C1CCCN1C(=O)Nc1ccccc1)N1CCC(N2Cc3ccccc3C2=O)CC1. The third kappa shape index (κ3) is 3.83. The van der Waals surface area contributed by atoms with Crippen LogP contribution >= 0.6 is 0 Å². The minimum atomic E-state index is -0.409. The lowest BCUT2D eigenvalue weighted by molar-refractivity contribution is -0.136. The normalized spacial score (nSPS) is 21.1. The second kappa shape index (κ2) is 8.65. The fourth-order valence-electron chi connectivity index (χ4n) is 5.16. The molecule has 2 aromatic carbocycles. The molecule has 0 aliphatic carbocycles. The number of nitrogens with zero attached hydrogens (tertiary/aromatic N) is 3. The largest absolute Gasteiger partial charge is 0.341 e. The predicted molar refractivity (Wildman–Crippen MR) is 121 cm³/mol. The average Bonchev–Trinajstić information content (AvgIpc) is 3.45. The summed E-state index contributed by atoms with van der Waals surface area (Å²) >= 11 is 0. The third-order valence-corrected chi connectivity index (χ3v) is 6.89. The molecule has 3 aliphatic rings. The van der Waals surface area contributed by atoms with Crippen LogP contribution in [0.5, 0.6) is 0 Å². The van der Waals surface area contributed by atoms with Gasteiger partial charge in [-0.25, -0.2) is 4.79 Å². The Morgan fingerprint density at radius 2 is 1.59 bits per heavy atom. The third-order valence-electron chi connectivity index (χ3n) is 6.89. The number of amides is 4. The molecule has 2 aromatic rings. The van der Waals surface area contributed by atoms with Crippen LogP contribution in [-0.4, -0.2) is 64.3 Å². The number of hydrogen-bond donors (Lipinski definition) is 1. The molecule has 5 rings (SSSR count). The molecule has 32 heavy (non-hydrogen) atoms. The lowest BCUT2D eigenvalue weighted by atomic mass is 10.0. The number of anilines is 1. The van der Waals surface area contributed by atoms with Crippen LogP contribution in [-0.2, 0) is 11.3 Å². The number of carbonyl (C=O) groups excluding carboxylic acids is 3. The van der Waals surface area contributed by atoms with Gasteiger partial charge >= 0.3 is 6.03 Å². The second-order valence-electron chi connectivity index (χ2n) is 8.79. The molecule has 1 atom stereocenters. The van der Waals surface area contributed by atoms with Crippen LogP contribution in [0, 0.1) is 0 Å². The van der Waals surface area contributed by atoms with Gasteiger partial charge in [0, 0.05) is 43.5 Å². The molecule has 0 spiro atoms. The van der Waals surface area contributed by atoms with E-state index in [2.05, 4.69) is 5.32 Å². The minimum absolute atomic E-state index is 0.0280. The van der Waals surface area contributed by atoms with E-state index in [1.165, 1.54) is 0 Å². The summed E-state index contributed by atoms with van der Waals surface area (Å²) in [5, 5.41) is 2.90. The van der Waals surface area contributed by atoms with Crippen molar-refractivity contribution in [3.8, 4) is 0 Å². The van der Waals surface area contributed by atoms with Crippen molar-refractivity contribution >= 4 is 23.5 Å². The van der Waals surface area contributed by atoms with Gasteiger partial charge in [0.2, 0.25) is 5.91 Å². The summed E-state index contributed by atoms with van der Waals surface area (Å²) in [4.78, 5) is 44.3. The number of likely N-dealkylation sites (tertiary alicyclic amines) is 2. The van der Waals surface area contributed by atoms with Crippen LogP contribution in [0.4, 0.5) is 10.5 Å². The van der Waals surface area contributed by atoms with E-state index in [0.29, 0.717) is 32.6 Å². The number of rotatable bonds is 3. The molecule has 4 amide bonds. The Morgan fingerprint density at radius 1 is 0.875 bits per heavy atom. The fourth-order valence-corrected chi connectivity index (χ4v) is 5.16. The number of benzene rings is 2. The van der Waals surface area contributed by atoms with E-state index < -0.39 is 6.04 Å². The Bertz CT molecular complexity index is 1020. The molecule has 7 nitrogen and oxygen atoms in total. The van der Waals surface area contributed by atoms with E-state index in [9.17, 15) is 14.4 Å². The first kappa shape index (κ1) is 20.5. The quantitative estimate of drug-likeness (QED) is 0.809. The number of para-hydroxylation sites is 1. The molecule has 2 fully saturated rings. The maximum atomic E-state index is 13.3. The Balaban J connectivity index is 1.18. The standard InChI is InChI=1S/C25H28N4O3/c30-23-21-10-5-4-7-18(21)17-29(23)20-12-15-27(16-13-20)24(31)22-11-6-14-28(22)25(32)26-19-8-2-1-3-9-19/h1-5,7-10,20,22H,6,11-17H2,(H,26,32). The van der Waals surface area contributed by atoms with Crippen molar-refractivity contribution in [2.24, 2.45) is 0 Å². The molecule has 0 radical (unpaired) electrons. The van der Waals surface area contributed by atoms with Gasteiger partial charge in [-0.05, 0) is 49.4 Å². The van der Waals surface area contributed by atoms with Gasteiger partial charge in [-0.3, -0.25) is 9.59 Å². The van der Waals surface area contributed by atoms with Gasteiger partial charge in [0.25, 0.3) is 5.91 Å². The first-order valence-electron chi connectivity index (χ1n) is 11.4. The number of piperidine rings is 1. The van der Waals surface area contributed by atoms with Crippen molar-refractivity contribution in [1.82, 2.24) is 14.7 Å². The van der Waals surface area contributed by atoms with Crippen molar-refractivity contribution < 1.29 is 14.4 Å². The van der Waals surface area contributed by atoms with E-state index in [0.717, 1.165) is 36.1 Å². The Hall–Kier alpha value is -3.35. The van der Waals surface area contributed by atoms with Crippen LogP contribution in [0.15, 0.2) is 54.6 Å². The molecule has 1 unspecified atom stereocenters. The Morgan fingerprint density at radius 3 is 2.34 bits per heavy atom. The summed E-state index contributed by atoms with van der Waals surface area (Å²) in [7, 11) is 0. The number of urea groups is 1. The van der Waals surface area contributed by atoms with Crippen molar-refractivity contribution in [2.75, 3.05) is 25.0 Å². The smallest absolute Gasteiger partial charge is 0.322 e. The maximum absolute atomic E-state index is 13.3. The molecule has 3 aliphatic heterocycles. The molecule has 7 heteroatoms. The second-order valence-corrected chi connectivity index (χ2v) is 8.79. The van der Waals surface area contributed by atoms with Crippen LogP contribution < -0.4 is 5.32 Å². The summed E-state index contributed by atoms with van der Waals surface area (Å²) < 4.78 is 0. The summed E-state index contributed by atoms with van der Waals surface area (Å²) in [6.07, 6.45) is 3.07. The van der Waals surface area contributed by atoms with Gasteiger partial charge in [0.05, 0.1) is 0 Å². The molecule has 0 aromatic heterocycles. The molecule has 3 heterocycles. The summed E-state index contributed by atoms with van der Waals surface area (Å²) in [5.41, 5.74) is 2.62. The van der Waals surface area contributed by atoms with Gasteiger partial charge in [0.1, 0.15) is 6.04 Å². The first-order valence-corrected chi connectivity index (χ1v) is 11.4. The highest BCUT2D eigenvalue weighted by atomic mass is 16.2. The van der Waals surface area contributed by atoms with Gasteiger partial charge in [-0.1, -0.05) is 36.4 Å². The van der Waals surface area contributed by atoms with E-state index in [1.807, 2.05) is 64.4 Å². The van der Waals surface area contributed by atoms with Crippen LogP contribution in [0.3, 0.4) is 0 Å². The minimum Gasteiger partial charge on any atom is -0.341 e. The average molecular weight is 433 g/mol. The summed E-state index contributed by atoms with van der Waals surface area (Å²) in [6.45, 7) is 2.48. The number of carbonyl (C=O) groups is 3. The maximum Gasteiger partial charge on any atom is 0.322 e. The van der Waals surface area contributed by atoms with E-state index in [-0.39, 0.29) is 23.9 Å². The summed E-state index contributed by atoms with van der Waals surface area (Å²) in [6, 6.07) is 16.6. The molecule has 1 N–H and O–H groups in total. The van der Waals surface area contributed by atoms with Gasteiger partial charge < -0.3 is 20.0 Å². The molecular formula is C25H28N4O3.